The van der Waals surface area contributed by atoms with Crippen molar-refractivity contribution in [2.45, 2.75) is 5.03 Å². The summed E-state index contributed by atoms with van der Waals surface area (Å²) in [6.45, 7) is 0. The highest BCUT2D eigenvalue weighted by Crippen LogP contribution is 2.15. The summed E-state index contributed by atoms with van der Waals surface area (Å²) >= 11 is 1.32. The highest BCUT2D eigenvalue weighted by molar-refractivity contribution is 7.99. The number of rotatable bonds is 5. The Labute approximate surface area is 130 Å². The number of amides is 1. The molecule has 0 aliphatic carbocycles. The van der Waals surface area contributed by atoms with Gasteiger partial charge in [-0.1, -0.05) is 11.8 Å². The van der Waals surface area contributed by atoms with Gasteiger partial charge in [0.25, 0.3) is 0 Å². The van der Waals surface area contributed by atoms with E-state index in [9.17, 15) is 4.79 Å². The lowest BCUT2D eigenvalue weighted by Crippen LogP contribution is -2.14. The summed E-state index contributed by atoms with van der Waals surface area (Å²) in [7, 11) is 0. The molecule has 22 heavy (non-hydrogen) atoms. The van der Waals surface area contributed by atoms with E-state index in [4.69, 9.17) is 0 Å². The molecule has 7 nitrogen and oxygen atoms in total. The normalized spacial score (nSPS) is 10.4. The second-order valence-electron chi connectivity index (χ2n) is 4.28. The van der Waals surface area contributed by atoms with Crippen LogP contribution in [0.3, 0.4) is 0 Å². The van der Waals surface area contributed by atoms with Gasteiger partial charge in [-0.2, -0.15) is 0 Å². The Kier molecular flexibility index (Phi) is 4.40. The van der Waals surface area contributed by atoms with E-state index in [1.165, 1.54) is 11.8 Å². The van der Waals surface area contributed by atoms with Crippen molar-refractivity contribution in [2.24, 2.45) is 0 Å². The van der Waals surface area contributed by atoms with Crippen LogP contribution in [0.2, 0.25) is 0 Å². The van der Waals surface area contributed by atoms with E-state index in [1.54, 1.807) is 47.8 Å². The predicted molar refractivity (Wildman–Crippen MR) is 82.7 cm³/mol. The molecular formula is C14H12N6OS. The molecule has 0 aliphatic rings. The Balaban J connectivity index is 1.54. The Morgan fingerprint density at radius 1 is 1.18 bits per heavy atom. The molecule has 3 heterocycles. The van der Waals surface area contributed by atoms with Crippen molar-refractivity contribution < 1.29 is 4.79 Å². The lowest BCUT2D eigenvalue weighted by molar-refractivity contribution is -0.113. The molecule has 0 bridgehead atoms. The molecule has 110 valence electrons. The van der Waals surface area contributed by atoms with Crippen LogP contribution in [-0.2, 0) is 4.79 Å². The van der Waals surface area contributed by atoms with E-state index < -0.39 is 0 Å². The highest BCUT2D eigenvalue weighted by atomic mass is 32.2. The van der Waals surface area contributed by atoms with Crippen LogP contribution >= 0.6 is 11.8 Å². The van der Waals surface area contributed by atoms with Gasteiger partial charge < -0.3 is 5.32 Å². The second-order valence-corrected chi connectivity index (χ2v) is 5.27. The molecule has 0 saturated heterocycles. The van der Waals surface area contributed by atoms with Crippen LogP contribution in [0.1, 0.15) is 0 Å². The first-order chi connectivity index (χ1) is 10.8. The predicted octanol–water partition coefficient (Wildman–Crippen LogP) is 1.79. The monoisotopic (exact) mass is 312 g/mol. The SMILES string of the molecule is O=C(CSc1ccc(-n2ccnc2)nn1)Nc1cccnc1. The molecule has 3 aromatic rings. The molecule has 3 rings (SSSR count). The average molecular weight is 312 g/mol. The molecule has 1 amide bonds. The molecule has 0 aromatic carbocycles. The molecule has 0 fully saturated rings. The largest absolute Gasteiger partial charge is 0.324 e. The van der Waals surface area contributed by atoms with Gasteiger partial charge in [0.05, 0.1) is 17.6 Å². The fourth-order valence-corrected chi connectivity index (χ4v) is 2.31. The zero-order chi connectivity index (χ0) is 15.2. The van der Waals surface area contributed by atoms with Crippen molar-refractivity contribution in [3.05, 3.63) is 55.4 Å². The second kappa shape index (κ2) is 6.81. The van der Waals surface area contributed by atoms with Crippen molar-refractivity contribution in [3.8, 4) is 5.82 Å². The smallest absolute Gasteiger partial charge is 0.234 e. The third kappa shape index (κ3) is 3.67. The van der Waals surface area contributed by atoms with Crippen LogP contribution in [0.15, 0.2) is 60.4 Å². The van der Waals surface area contributed by atoms with Gasteiger partial charge in [0.2, 0.25) is 5.91 Å². The number of anilines is 1. The van der Waals surface area contributed by atoms with Gasteiger partial charge in [-0.3, -0.25) is 14.3 Å². The Hall–Kier alpha value is -2.74. The Morgan fingerprint density at radius 2 is 2.14 bits per heavy atom. The number of hydrogen-bond acceptors (Lipinski definition) is 6. The van der Waals surface area contributed by atoms with Crippen molar-refractivity contribution in [1.82, 2.24) is 24.7 Å². The number of carbonyl (C=O) groups excluding carboxylic acids is 1. The van der Waals surface area contributed by atoms with Gasteiger partial charge in [-0.25, -0.2) is 4.98 Å². The van der Waals surface area contributed by atoms with Gasteiger partial charge in [0.15, 0.2) is 5.82 Å². The summed E-state index contributed by atoms with van der Waals surface area (Å²) < 4.78 is 1.76. The van der Waals surface area contributed by atoms with Gasteiger partial charge in [-0.15, -0.1) is 10.2 Å². The first-order valence-corrected chi connectivity index (χ1v) is 7.44. The first kappa shape index (κ1) is 14.2. The lowest BCUT2D eigenvalue weighted by atomic mass is 10.4. The fraction of sp³-hybridized carbons (Fsp3) is 0.0714. The third-order valence-electron chi connectivity index (χ3n) is 2.69. The van der Waals surface area contributed by atoms with Crippen LogP contribution in [0.4, 0.5) is 5.69 Å². The summed E-state index contributed by atoms with van der Waals surface area (Å²) in [6.07, 6.45) is 8.37. The van der Waals surface area contributed by atoms with Crippen LogP contribution in [-0.4, -0.2) is 36.4 Å². The molecule has 0 radical (unpaired) electrons. The maximum absolute atomic E-state index is 11.8. The minimum absolute atomic E-state index is 0.113. The number of nitrogens with zero attached hydrogens (tertiary/aromatic N) is 5. The van der Waals surface area contributed by atoms with Crippen molar-refractivity contribution >= 4 is 23.4 Å². The standard InChI is InChI=1S/C14H12N6OS/c21-13(17-11-2-1-5-15-8-11)9-22-14-4-3-12(18-19-14)20-7-6-16-10-20/h1-8,10H,9H2,(H,17,21). The van der Waals surface area contributed by atoms with E-state index >= 15 is 0 Å². The molecule has 0 spiro atoms. The molecule has 8 heteroatoms. The number of hydrogen-bond donors (Lipinski definition) is 1. The summed E-state index contributed by atoms with van der Waals surface area (Å²) in [5.41, 5.74) is 0.676. The Bertz CT molecular complexity index is 730. The van der Waals surface area contributed by atoms with E-state index in [1.807, 2.05) is 12.1 Å². The maximum Gasteiger partial charge on any atom is 0.234 e. The van der Waals surface area contributed by atoms with Crippen molar-refractivity contribution in [3.63, 3.8) is 0 Å². The van der Waals surface area contributed by atoms with E-state index in [2.05, 4.69) is 25.5 Å². The summed E-state index contributed by atoms with van der Waals surface area (Å²) in [6, 6.07) is 7.21. The topological polar surface area (TPSA) is 85.6 Å². The van der Waals surface area contributed by atoms with Gasteiger partial charge >= 0.3 is 0 Å². The number of carbonyl (C=O) groups is 1. The minimum atomic E-state index is -0.113. The fourth-order valence-electron chi connectivity index (χ4n) is 1.70. The molecule has 3 aromatic heterocycles. The van der Waals surface area contributed by atoms with E-state index in [0.29, 0.717) is 16.5 Å². The van der Waals surface area contributed by atoms with Crippen LogP contribution in [0.25, 0.3) is 5.82 Å². The minimum Gasteiger partial charge on any atom is -0.324 e. The quantitative estimate of drug-likeness (QED) is 0.723. The zero-order valence-electron chi connectivity index (χ0n) is 11.5. The average Bonchev–Trinajstić information content (AvgIpc) is 3.09. The van der Waals surface area contributed by atoms with Crippen LogP contribution < -0.4 is 5.32 Å². The van der Waals surface area contributed by atoms with E-state index in [-0.39, 0.29) is 11.7 Å². The van der Waals surface area contributed by atoms with E-state index in [0.717, 1.165) is 0 Å². The summed E-state index contributed by atoms with van der Waals surface area (Å²) in [4.78, 5) is 19.7. The number of nitrogens with one attached hydrogen (secondary N) is 1. The van der Waals surface area contributed by atoms with Crippen LogP contribution in [0.5, 0.6) is 0 Å². The number of aromatic nitrogens is 5. The number of thioether (sulfide) groups is 1. The van der Waals surface area contributed by atoms with Crippen molar-refractivity contribution in [2.75, 3.05) is 11.1 Å². The third-order valence-corrected chi connectivity index (χ3v) is 3.61. The number of pyridine rings is 1. The molecule has 0 aliphatic heterocycles. The highest BCUT2D eigenvalue weighted by Gasteiger charge is 2.06. The maximum atomic E-state index is 11.8. The molecule has 1 N–H and O–H groups in total. The molecule has 0 saturated carbocycles. The zero-order valence-corrected chi connectivity index (χ0v) is 12.3. The summed E-state index contributed by atoms with van der Waals surface area (Å²) in [5, 5.41) is 11.6. The molecule has 0 atom stereocenters. The molecular weight excluding hydrogens is 300 g/mol. The molecule has 0 unspecified atom stereocenters. The first-order valence-electron chi connectivity index (χ1n) is 6.46. The van der Waals surface area contributed by atoms with Gasteiger partial charge in [0.1, 0.15) is 11.4 Å². The van der Waals surface area contributed by atoms with Crippen LogP contribution in [0, 0.1) is 0 Å². The summed E-state index contributed by atoms with van der Waals surface area (Å²) in [5.74, 6) is 0.828. The van der Waals surface area contributed by atoms with Gasteiger partial charge in [-0.05, 0) is 24.3 Å². The Morgan fingerprint density at radius 3 is 2.82 bits per heavy atom. The van der Waals surface area contributed by atoms with Crippen molar-refractivity contribution in [1.29, 1.82) is 0 Å². The van der Waals surface area contributed by atoms with Gasteiger partial charge in [0, 0.05) is 18.6 Å². The lowest BCUT2D eigenvalue weighted by Gasteiger charge is -2.04. The number of imidazole rings is 1.